The number of aromatic nitrogens is 2. The maximum absolute atomic E-state index is 6.28. The molecule has 2 aromatic rings. The molecular formula is C17H23N3O2. The van der Waals surface area contributed by atoms with Gasteiger partial charge in [-0.1, -0.05) is 6.92 Å². The first-order valence-corrected chi connectivity index (χ1v) is 7.60. The molecule has 0 radical (unpaired) electrons. The molecule has 5 heteroatoms. The summed E-state index contributed by atoms with van der Waals surface area (Å²) in [6.07, 6.45) is 0.982. The van der Waals surface area contributed by atoms with Gasteiger partial charge in [-0.05, 0) is 31.4 Å². The second kappa shape index (κ2) is 5.65. The Kier molecular flexibility index (Phi) is 3.83. The van der Waals surface area contributed by atoms with Crippen molar-refractivity contribution in [3.8, 4) is 22.8 Å². The Bertz CT molecular complexity index is 693. The summed E-state index contributed by atoms with van der Waals surface area (Å²) in [5.41, 5.74) is 9.34. The molecule has 118 valence electrons. The van der Waals surface area contributed by atoms with Gasteiger partial charge in [-0.3, -0.25) is 0 Å². The average molecular weight is 301 g/mol. The van der Waals surface area contributed by atoms with Crippen molar-refractivity contribution >= 4 is 0 Å². The van der Waals surface area contributed by atoms with Gasteiger partial charge in [0.1, 0.15) is 17.3 Å². The standard InChI is InChI=1S/C17H23N3O2/c1-10-7-14(18)17-19-16(11(2)20(17)9-10)13-6-5-12(21-3)8-15(13)22-4/h5-6,8,10,14H,7,9,18H2,1-4H3. The summed E-state index contributed by atoms with van der Waals surface area (Å²) in [4.78, 5) is 4.82. The summed E-state index contributed by atoms with van der Waals surface area (Å²) in [7, 11) is 3.31. The summed E-state index contributed by atoms with van der Waals surface area (Å²) in [6, 6.07) is 5.81. The van der Waals surface area contributed by atoms with Gasteiger partial charge in [0.05, 0.1) is 26.0 Å². The topological polar surface area (TPSA) is 62.3 Å². The van der Waals surface area contributed by atoms with E-state index in [4.69, 9.17) is 20.2 Å². The quantitative estimate of drug-likeness (QED) is 0.947. The van der Waals surface area contributed by atoms with Gasteiger partial charge in [0.25, 0.3) is 0 Å². The van der Waals surface area contributed by atoms with E-state index in [9.17, 15) is 0 Å². The highest BCUT2D eigenvalue weighted by Gasteiger charge is 2.27. The van der Waals surface area contributed by atoms with Crippen LogP contribution < -0.4 is 15.2 Å². The molecule has 3 rings (SSSR count). The van der Waals surface area contributed by atoms with E-state index in [1.54, 1.807) is 14.2 Å². The molecule has 1 aliphatic heterocycles. The third kappa shape index (κ3) is 2.35. The molecule has 2 unspecified atom stereocenters. The van der Waals surface area contributed by atoms with Crippen LogP contribution in [0.5, 0.6) is 11.5 Å². The lowest BCUT2D eigenvalue weighted by Crippen LogP contribution is -2.27. The Balaban J connectivity index is 2.12. The Hall–Kier alpha value is -2.01. The number of rotatable bonds is 3. The highest BCUT2D eigenvalue weighted by molar-refractivity contribution is 5.71. The van der Waals surface area contributed by atoms with Crippen molar-refractivity contribution in [2.45, 2.75) is 32.9 Å². The number of nitrogens with zero attached hydrogens (tertiary/aromatic N) is 2. The van der Waals surface area contributed by atoms with E-state index in [0.29, 0.717) is 5.92 Å². The van der Waals surface area contributed by atoms with Crippen LogP contribution in [0.15, 0.2) is 18.2 Å². The summed E-state index contributed by atoms with van der Waals surface area (Å²) < 4.78 is 13.0. The minimum Gasteiger partial charge on any atom is -0.497 e. The van der Waals surface area contributed by atoms with Crippen molar-refractivity contribution in [3.63, 3.8) is 0 Å². The van der Waals surface area contributed by atoms with Gasteiger partial charge in [0.2, 0.25) is 0 Å². The summed E-state index contributed by atoms with van der Waals surface area (Å²) in [6.45, 7) is 5.30. The fraction of sp³-hybridized carbons (Fsp3) is 0.471. The summed E-state index contributed by atoms with van der Waals surface area (Å²) >= 11 is 0. The molecule has 0 amide bonds. The van der Waals surface area contributed by atoms with Crippen LogP contribution in [0.3, 0.4) is 0 Å². The van der Waals surface area contributed by atoms with E-state index in [0.717, 1.165) is 47.2 Å². The van der Waals surface area contributed by atoms with Crippen molar-refractivity contribution in [3.05, 3.63) is 29.7 Å². The van der Waals surface area contributed by atoms with E-state index in [2.05, 4.69) is 18.4 Å². The lowest BCUT2D eigenvalue weighted by atomic mass is 9.98. The summed E-state index contributed by atoms with van der Waals surface area (Å²) in [5.74, 6) is 3.08. The van der Waals surface area contributed by atoms with E-state index in [1.807, 2.05) is 18.2 Å². The second-order valence-corrected chi connectivity index (χ2v) is 6.03. The first-order valence-electron chi connectivity index (χ1n) is 7.60. The van der Waals surface area contributed by atoms with Crippen molar-refractivity contribution < 1.29 is 9.47 Å². The fourth-order valence-corrected chi connectivity index (χ4v) is 3.24. The van der Waals surface area contributed by atoms with Gasteiger partial charge < -0.3 is 19.8 Å². The van der Waals surface area contributed by atoms with Crippen LogP contribution in [0.1, 0.15) is 30.9 Å². The molecule has 2 atom stereocenters. The Morgan fingerprint density at radius 3 is 2.73 bits per heavy atom. The highest BCUT2D eigenvalue weighted by Crippen LogP contribution is 2.37. The molecule has 1 aromatic heterocycles. The van der Waals surface area contributed by atoms with Crippen molar-refractivity contribution in [2.75, 3.05) is 14.2 Å². The maximum Gasteiger partial charge on any atom is 0.132 e. The first-order chi connectivity index (χ1) is 10.5. The smallest absolute Gasteiger partial charge is 0.132 e. The lowest BCUT2D eigenvalue weighted by Gasteiger charge is -2.26. The van der Waals surface area contributed by atoms with E-state index in [1.165, 1.54) is 0 Å². The number of hydrogen-bond acceptors (Lipinski definition) is 4. The largest absolute Gasteiger partial charge is 0.497 e. The van der Waals surface area contributed by atoms with Crippen LogP contribution >= 0.6 is 0 Å². The molecule has 5 nitrogen and oxygen atoms in total. The van der Waals surface area contributed by atoms with Crippen molar-refractivity contribution in [1.29, 1.82) is 0 Å². The predicted molar refractivity (Wildman–Crippen MR) is 86.2 cm³/mol. The highest BCUT2D eigenvalue weighted by atomic mass is 16.5. The van der Waals surface area contributed by atoms with Gasteiger partial charge in [-0.2, -0.15) is 0 Å². The molecule has 0 saturated heterocycles. The normalized spacial score (nSPS) is 20.6. The molecule has 1 aromatic carbocycles. The molecule has 22 heavy (non-hydrogen) atoms. The minimum absolute atomic E-state index is 0.000410. The zero-order chi connectivity index (χ0) is 15.9. The van der Waals surface area contributed by atoms with Gasteiger partial charge in [0, 0.05) is 23.9 Å². The molecule has 0 saturated carbocycles. The molecular weight excluding hydrogens is 278 g/mol. The summed E-state index contributed by atoms with van der Waals surface area (Å²) in [5, 5.41) is 0. The predicted octanol–water partition coefficient (Wildman–Crippen LogP) is 2.92. The molecule has 2 heterocycles. The Morgan fingerprint density at radius 2 is 2.05 bits per heavy atom. The van der Waals surface area contributed by atoms with Gasteiger partial charge in [-0.25, -0.2) is 4.98 Å². The molecule has 1 aliphatic rings. The number of nitrogens with two attached hydrogens (primary N) is 1. The van der Waals surface area contributed by atoms with Crippen LogP contribution in [-0.2, 0) is 6.54 Å². The molecule has 0 fully saturated rings. The van der Waals surface area contributed by atoms with Gasteiger partial charge in [0.15, 0.2) is 0 Å². The zero-order valence-corrected chi connectivity index (χ0v) is 13.6. The van der Waals surface area contributed by atoms with E-state index in [-0.39, 0.29) is 6.04 Å². The molecule has 0 aliphatic carbocycles. The SMILES string of the molecule is COc1ccc(-c2nc3n(c2C)CC(C)CC3N)c(OC)c1. The second-order valence-electron chi connectivity index (χ2n) is 6.03. The zero-order valence-electron chi connectivity index (χ0n) is 13.6. The fourth-order valence-electron chi connectivity index (χ4n) is 3.24. The maximum atomic E-state index is 6.28. The van der Waals surface area contributed by atoms with E-state index < -0.39 is 0 Å². The number of methoxy groups -OCH3 is 2. The van der Waals surface area contributed by atoms with E-state index >= 15 is 0 Å². The molecule has 0 spiro atoms. The van der Waals surface area contributed by atoms with Gasteiger partial charge >= 0.3 is 0 Å². The monoisotopic (exact) mass is 301 g/mol. The number of imidazole rings is 1. The first kappa shape index (κ1) is 14.9. The third-order valence-electron chi connectivity index (χ3n) is 4.40. The minimum atomic E-state index is 0.000410. The number of benzene rings is 1. The van der Waals surface area contributed by atoms with Crippen LogP contribution in [0.2, 0.25) is 0 Å². The van der Waals surface area contributed by atoms with Crippen molar-refractivity contribution in [1.82, 2.24) is 9.55 Å². The number of fused-ring (bicyclic) bond motifs is 1. The molecule has 0 bridgehead atoms. The Labute approximate surface area is 131 Å². The lowest BCUT2D eigenvalue weighted by molar-refractivity contribution is 0.343. The van der Waals surface area contributed by atoms with Crippen LogP contribution in [0, 0.1) is 12.8 Å². The average Bonchev–Trinajstić information content (AvgIpc) is 2.84. The third-order valence-corrected chi connectivity index (χ3v) is 4.40. The number of hydrogen-bond donors (Lipinski definition) is 1. The number of ether oxygens (including phenoxy) is 2. The van der Waals surface area contributed by atoms with Crippen LogP contribution in [0.4, 0.5) is 0 Å². The Morgan fingerprint density at radius 1 is 1.27 bits per heavy atom. The van der Waals surface area contributed by atoms with Crippen LogP contribution in [0.25, 0.3) is 11.3 Å². The molecule has 2 N–H and O–H groups in total. The van der Waals surface area contributed by atoms with Gasteiger partial charge in [-0.15, -0.1) is 0 Å². The van der Waals surface area contributed by atoms with Crippen LogP contribution in [-0.4, -0.2) is 23.8 Å². The van der Waals surface area contributed by atoms with Crippen molar-refractivity contribution in [2.24, 2.45) is 11.7 Å².